The highest BCUT2D eigenvalue weighted by Crippen LogP contribution is 2.38. The number of benzene rings is 10. The van der Waals surface area contributed by atoms with Gasteiger partial charge in [-0.2, -0.15) is 0 Å². The van der Waals surface area contributed by atoms with E-state index in [1.807, 2.05) is 6.20 Å². The second-order valence-electron chi connectivity index (χ2n) is 15.4. The van der Waals surface area contributed by atoms with Crippen LogP contribution in [0.4, 0.5) is 0 Å². The lowest BCUT2D eigenvalue weighted by Gasteiger charge is -2.12. The maximum absolute atomic E-state index is 5.21. The smallest absolute Gasteiger partial charge is 0.0979 e. The summed E-state index contributed by atoms with van der Waals surface area (Å²) in [5.74, 6) is 0. The number of para-hydroxylation sites is 1. The topological polar surface area (TPSA) is 30.7 Å². The van der Waals surface area contributed by atoms with E-state index in [9.17, 15) is 0 Å². The van der Waals surface area contributed by atoms with E-state index in [1.165, 1.54) is 71.2 Å². The average molecular weight is 750 g/mol. The number of fused-ring (bicyclic) bond motifs is 10. The highest BCUT2D eigenvalue weighted by Gasteiger charge is 2.15. The molecule has 0 N–H and O–H groups in total. The molecular formula is C56H35N3. The molecule has 0 aliphatic rings. The van der Waals surface area contributed by atoms with Crippen LogP contribution in [-0.2, 0) is 0 Å². The minimum atomic E-state index is 0.867. The van der Waals surface area contributed by atoms with Crippen molar-refractivity contribution in [2.75, 3.05) is 0 Å². The van der Waals surface area contributed by atoms with Crippen molar-refractivity contribution in [3.8, 4) is 50.3 Å². The fourth-order valence-corrected chi connectivity index (χ4v) is 9.10. The van der Waals surface area contributed by atoms with Gasteiger partial charge in [0.25, 0.3) is 0 Å². The minimum Gasteiger partial charge on any atom is -0.309 e. The van der Waals surface area contributed by atoms with Crippen LogP contribution in [0.2, 0.25) is 0 Å². The zero-order chi connectivity index (χ0) is 38.9. The first-order valence-corrected chi connectivity index (χ1v) is 20.1. The Morgan fingerprint density at radius 3 is 1.54 bits per heavy atom. The molecule has 12 rings (SSSR count). The Morgan fingerprint density at radius 2 is 0.831 bits per heavy atom. The fraction of sp³-hybridized carbons (Fsp3) is 0. The molecule has 0 spiro atoms. The molecule has 0 saturated heterocycles. The van der Waals surface area contributed by atoms with Gasteiger partial charge in [-0.15, -0.1) is 0 Å². The van der Waals surface area contributed by atoms with Gasteiger partial charge in [-0.25, -0.2) is 4.98 Å². The number of rotatable bonds is 5. The van der Waals surface area contributed by atoms with Gasteiger partial charge in [-0.05, 0) is 91.3 Å². The van der Waals surface area contributed by atoms with Crippen LogP contribution in [0.25, 0.3) is 115 Å². The molecule has 0 unspecified atom stereocenters. The lowest BCUT2D eigenvalue weighted by molar-refractivity contribution is 1.19. The van der Waals surface area contributed by atoms with Gasteiger partial charge in [0.05, 0.1) is 34.0 Å². The van der Waals surface area contributed by atoms with Crippen LogP contribution in [0.3, 0.4) is 0 Å². The average Bonchev–Trinajstić information content (AvgIpc) is 3.65. The SMILES string of the molecule is c1cc(-c2ccc(-c3cnc4c5ccccc5c5ccccc5c4n3)cc2)cc(-c2cccc(-c3ccc4c5ccccc5n(-c5ccc6ccccc6c5)c4c3)c2)c1. The van der Waals surface area contributed by atoms with Crippen LogP contribution in [0, 0.1) is 0 Å². The lowest BCUT2D eigenvalue weighted by atomic mass is 9.95. The van der Waals surface area contributed by atoms with E-state index in [0.717, 1.165) is 44.3 Å². The van der Waals surface area contributed by atoms with Crippen molar-refractivity contribution in [3.05, 3.63) is 212 Å². The number of hydrogen-bond acceptors (Lipinski definition) is 2. The summed E-state index contributed by atoms with van der Waals surface area (Å²) in [4.78, 5) is 10.2. The predicted molar refractivity (Wildman–Crippen MR) is 248 cm³/mol. The normalized spacial score (nSPS) is 11.7. The van der Waals surface area contributed by atoms with Gasteiger partial charge >= 0.3 is 0 Å². The highest BCUT2D eigenvalue weighted by molar-refractivity contribution is 6.23. The standard InChI is InChI=1S/C56H35N3/c1-2-12-43-33-45(29-27-36(43)11-1)59-53-22-8-7-19-48(53)49-30-28-44(34-54(49)59)42-16-10-15-41(32-42)40-14-9-13-39(31-40)37-23-25-38(26-24-37)52-35-57-55-50-20-5-3-17-46(50)47-18-4-6-21-51(47)56(55)58-52/h1-35H. The Kier molecular flexibility index (Phi) is 7.54. The van der Waals surface area contributed by atoms with Crippen molar-refractivity contribution >= 4 is 65.2 Å². The van der Waals surface area contributed by atoms with Crippen molar-refractivity contribution in [2.45, 2.75) is 0 Å². The Labute approximate surface area is 341 Å². The summed E-state index contributed by atoms with van der Waals surface area (Å²) >= 11 is 0. The van der Waals surface area contributed by atoms with E-state index in [1.54, 1.807) is 0 Å². The number of aromatic nitrogens is 3. The summed E-state index contributed by atoms with van der Waals surface area (Å²) in [6.07, 6.45) is 1.91. The Morgan fingerprint density at radius 1 is 0.305 bits per heavy atom. The minimum absolute atomic E-state index is 0.867. The van der Waals surface area contributed by atoms with Crippen LogP contribution in [0.1, 0.15) is 0 Å². The van der Waals surface area contributed by atoms with E-state index in [0.29, 0.717) is 0 Å². The lowest BCUT2D eigenvalue weighted by Crippen LogP contribution is -1.94. The summed E-state index contributed by atoms with van der Waals surface area (Å²) in [5.41, 5.74) is 14.4. The monoisotopic (exact) mass is 749 g/mol. The first-order valence-electron chi connectivity index (χ1n) is 20.1. The Bertz CT molecular complexity index is 3580. The molecule has 0 fully saturated rings. The highest BCUT2D eigenvalue weighted by atomic mass is 15.0. The largest absolute Gasteiger partial charge is 0.309 e. The summed E-state index contributed by atoms with van der Waals surface area (Å²) in [7, 11) is 0. The van der Waals surface area contributed by atoms with Gasteiger partial charge in [-0.3, -0.25) is 4.98 Å². The molecule has 10 aromatic carbocycles. The van der Waals surface area contributed by atoms with Gasteiger partial charge in [0, 0.05) is 32.8 Å². The van der Waals surface area contributed by atoms with Crippen molar-refractivity contribution in [1.29, 1.82) is 0 Å². The number of hydrogen-bond donors (Lipinski definition) is 0. The molecule has 274 valence electrons. The van der Waals surface area contributed by atoms with Crippen LogP contribution < -0.4 is 0 Å². The molecule has 0 atom stereocenters. The van der Waals surface area contributed by atoms with Gasteiger partial charge in [0.15, 0.2) is 0 Å². The summed E-state index contributed by atoms with van der Waals surface area (Å²) in [6.45, 7) is 0. The molecule has 3 heteroatoms. The van der Waals surface area contributed by atoms with E-state index < -0.39 is 0 Å². The second kappa shape index (κ2) is 13.4. The zero-order valence-corrected chi connectivity index (χ0v) is 32.0. The van der Waals surface area contributed by atoms with Crippen LogP contribution in [-0.4, -0.2) is 14.5 Å². The molecule has 0 amide bonds. The van der Waals surface area contributed by atoms with Crippen molar-refractivity contribution < 1.29 is 0 Å². The molecule has 0 saturated carbocycles. The first kappa shape index (κ1) is 33.3. The van der Waals surface area contributed by atoms with Crippen LogP contribution in [0.15, 0.2) is 212 Å². The summed E-state index contributed by atoms with van der Waals surface area (Å²) < 4.78 is 2.41. The van der Waals surface area contributed by atoms with Gasteiger partial charge in [0.1, 0.15) is 0 Å². The maximum Gasteiger partial charge on any atom is 0.0979 e. The van der Waals surface area contributed by atoms with E-state index in [-0.39, 0.29) is 0 Å². The quantitative estimate of drug-likeness (QED) is 0.164. The molecule has 0 aliphatic carbocycles. The van der Waals surface area contributed by atoms with E-state index in [4.69, 9.17) is 9.97 Å². The Hall–Kier alpha value is -7.88. The predicted octanol–water partition coefficient (Wildman–Crippen LogP) is 14.9. The van der Waals surface area contributed by atoms with Crippen molar-refractivity contribution in [2.24, 2.45) is 0 Å². The second-order valence-corrected chi connectivity index (χ2v) is 15.4. The third kappa shape index (κ3) is 5.51. The maximum atomic E-state index is 5.21. The molecule has 2 aromatic heterocycles. The molecule has 59 heavy (non-hydrogen) atoms. The van der Waals surface area contributed by atoms with Gasteiger partial charge in [-0.1, -0.05) is 170 Å². The molecule has 0 radical (unpaired) electrons. The first-order chi connectivity index (χ1) is 29.2. The van der Waals surface area contributed by atoms with Crippen molar-refractivity contribution in [3.63, 3.8) is 0 Å². The molecule has 0 aliphatic heterocycles. The van der Waals surface area contributed by atoms with Crippen LogP contribution in [0.5, 0.6) is 0 Å². The van der Waals surface area contributed by atoms with E-state index in [2.05, 4.69) is 211 Å². The third-order valence-corrected chi connectivity index (χ3v) is 12.0. The number of nitrogens with zero attached hydrogens (tertiary/aromatic N) is 3. The van der Waals surface area contributed by atoms with Crippen molar-refractivity contribution in [1.82, 2.24) is 14.5 Å². The fourth-order valence-electron chi connectivity index (χ4n) is 9.10. The third-order valence-electron chi connectivity index (χ3n) is 12.0. The molecule has 0 bridgehead atoms. The van der Waals surface area contributed by atoms with Gasteiger partial charge in [0.2, 0.25) is 0 Å². The van der Waals surface area contributed by atoms with Gasteiger partial charge < -0.3 is 4.57 Å². The summed E-state index contributed by atoms with van der Waals surface area (Å²) in [6, 6.07) is 74.4. The molecule has 2 heterocycles. The summed E-state index contributed by atoms with van der Waals surface area (Å²) in [5, 5.41) is 9.64. The molecule has 3 nitrogen and oxygen atoms in total. The van der Waals surface area contributed by atoms with E-state index >= 15 is 0 Å². The molecular weight excluding hydrogens is 715 g/mol. The van der Waals surface area contributed by atoms with Crippen LogP contribution >= 0.6 is 0 Å². The Balaban J connectivity index is 0.883. The molecule has 12 aromatic rings. The zero-order valence-electron chi connectivity index (χ0n) is 32.0.